The number of amides is 1. The van der Waals surface area contributed by atoms with Gasteiger partial charge in [-0.15, -0.1) is 0 Å². The second kappa shape index (κ2) is 5.82. The number of aryl methyl sites for hydroxylation is 1. The van der Waals surface area contributed by atoms with Crippen LogP contribution in [0.2, 0.25) is 0 Å². The summed E-state index contributed by atoms with van der Waals surface area (Å²) in [7, 11) is 1.79. The van der Waals surface area contributed by atoms with Gasteiger partial charge in [-0.3, -0.25) is 4.79 Å². The molecule has 1 aromatic carbocycles. The molecule has 0 aliphatic heterocycles. The molecule has 3 nitrogen and oxygen atoms in total. The van der Waals surface area contributed by atoms with E-state index in [9.17, 15) is 4.79 Å². The van der Waals surface area contributed by atoms with Gasteiger partial charge < -0.3 is 10.0 Å². The first-order valence-electron chi connectivity index (χ1n) is 5.93. The molecular weight excluding hydrogens is 214 g/mol. The highest BCUT2D eigenvalue weighted by Crippen LogP contribution is 2.24. The molecule has 0 aliphatic rings. The van der Waals surface area contributed by atoms with Crippen molar-refractivity contribution in [2.45, 2.75) is 33.6 Å². The number of carbonyl (C=O) groups excluding carboxylic acids is 1. The van der Waals surface area contributed by atoms with E-state index in [0.29, 0.717) is 12.8 Å². The number of aliphatic hydroxyl groups excluding tert-OH is 1. The fourth-order valence-corrected chi connectivity index (χ4v) is 1.84. The molecule has 0 saturated carbocycles. The Bertz CT molecular complexity index is 413. The Morgan fingerprint density at radius 1 is 1.24 bits per heavy atom. The van der Waals surface area contributed by atoms with Gasteiger partial charge in [0.15, 0.2) is 0 Å². The fraction of sp³-hybridized carbons (Fsp3) is 0.500. The Hall–Kier alpha value is -1.35. The number of rotatable bonds is 4. The lowest BCUT2D eigenvalue weighted by Gasteiger charge is -2.21. The summed E-state index contributed by atoms with van der Waals surface area (Å²) in [6.45, 7) is 6.23. The molecule has 0 aliphatic carbocycles. The maximum Gasteiger partial charge on any atom is 0.226 e. The molecule has 0 unspecified atom stereocenters. The Kier molecular flexibility index (Phi) is 4.70. The second-order valence-corrected chi connectivity index (χ2v) is 4.43. The molecule has 3 heteroatoms. The maximum absolute atomic E-state index is 11.9. The van der Waals surface area contributed by atoms with Crippen molar-refractivity contribution in [1.82, 2.24) is 0 Å². The van der Waals surface area contributed by atoms with Crippen LogP contribution in [0.3, 0.4) is 0 Å². The van der Waals surface area contributed by atoms with Crippen molar-refractivity contribution in [3.05, 3.63) is 28.8 Å². The summed E-state index contributed by atoms with van der Waals surface area (Å²) in [5.74, 6) is 0.0467. The van der Waals surface area contributed by atoms with Crippen LogP contribution in [-0.2, 0) is 4.79 Å². The zero-order valence-corrected chi connectivity index (χ0v) is 11.1. The minimum absolute atomic E-state index is 0.0467. The molecule has 0 radical (unpaired) electrons. The topological polar surface area (TPSA) is 40.5 Å². The largest absolute Gasteiger partial charge is 0.396 e. The van der Waals surface area contributed by atoms with E-state index in [1.807, 2.05) is 19.1 Å². The lowest BCUT2D eigenvalue weighted by atomic mass is 10.0. The van der Waals surface area contributed by atoms with Crippen LogP contribution in [0.4, 0.5) is 5.69 Å². The molecule has 0 aromatic heterocycles. The first-order valence-corrected chi connectivity index (χ1v) is 5.93. The molecule has 1 rings (SSSR count). The predicted octanol–water partition coefficient (Wildman–Crippen LogP) is 2.35. The van der Waals surface area contributed by atoms with Gasteiger partial charge in [-0.1, -0.05) is 6.07 Å². The monoisotopic (exact) mass is 235 g/mol. The van der Waals surface area contributed by atoms with Gasteiger partial charge >= 0.3 is 0 Å². The minimum atomic E-state index is 0.0467. The Morgan fingerprint density at radius 3 is 2.47 bits per heavy atom. The third-order valence-electron chi connectivity index (χ3n) is 3.31. The highest BCUT2D eigenvalue weighted by molar-refractivity contribution is 5.93. The van der Waals surface area contributed by atoms with Crippen LogP contribution >= 0.6 is 0 Å². The number of aliphatic hydroxyl groups is 1. The molecular formula is C14H21NO2. The standard InChI is InChI=1S/C14H21NO2/c1-10-7-8-13(12(3)11(10)2)15(4)14(17)6-5-9-16/h7-8,16H,5-6,9H2,1-4H3. The smallest absolute Gasteiger partial charge is 0.226 e. The number of carbonyl (C=O) groups is 1. The van der Waals surface area contributed by atoms with E-state index in [2.05, 4.69) is 13.8 Å². The number of hydrogen-bond acceptors (Lipinski definition) is 2. The number of anilines is 1. The van der Waals surface area contributed by atoms with Crippen molar-refractivity contribution in [2.24, 2.45) is 0 Å². The molecule has 94 valence electrons. The number of benzene rings is 1. The van der Waals surface area contributed by atoms with Gasteiger partial charge in [-0.2, -0.15) is 0 Å². The van der Waals surface area contributed by atoms with E-state index >= 15 is 0 Å². The van der Waals surface area contributed by atoms with Crippen molar-refractivity contribution < 1.29 is 9.90 Å². The molecule has 1 aromatic rings. The highest BCUT2D eigenvalue weighted by Gasteiger charge is 2.13. The molecule has 0 fully saturated rings. The Labute approximate surface area is 103 Å². The number of hydrogen-bond donors (Lipinski definition) is 1. The van der Waals surface area contributed by atoms with Crippen LogP contribution in [0, 0.1) is 20.8 Å². The lowest BCUT2D eigenvalue weighted by Crippen LogP contribution is -2.27. The van der Waals surface area contributed by atoms with Crippen LogP contribution in [0.25, 0.3) is 0 Å². The molecule has 1 amide bonds. The van der Waals surface area contributed by atoms with Crippen LogP contribution in [0.5, 0.6) is 0 Å². The van der Waals surface area contributed by atoms with Crippen LogP contribution in [-0.4, -0.2) is 24.7 Å². The second-order valence-electron chi connectivity index (χ2n) is 4.43. The van der Waals surface area contributed by atoms with E-state index in [4.69, 9.17) is 5.11 Å². The van der Waals surface area contributed by atoms with Gasteiger partial charge in [0.2, 0.25) is 5.91 Å². The minimum Gasteiger partial charge on any atom is -0.396 e. The highest BCUT2D eigenvalue weighted by atomic mass is 16.3. The SMILES string of the molecule is Cc1ccc(N(C)C(=O)CCCO)c(C)c1C. The molecule has 0 atom stereocenters. The summed E-state index contributed by atoms with van der Waals surface area (Å²) in [5, 5.41) is 8.73. The summed E-state index contributed by atoms with van der Waals surface area (Å²) in [6.07, 6.45) is 0.909. The maximum atomic E-state index is 11.9. The summed E-state index contributed by atoms with van der Waals surface area (Å²) in [5.41, 5.74) is 4.56. The quantitative estimate of drug-likeness (QED) is 0.870. The average molecular weight is 235 g/mol. The first-order chi connectivity index (χ1) is 7.99. The van der Waals surface area contributed by atoms with E-state index in [1.165, 1.54) is 11.1 Å². The van der Waals surface area contributed by atoms with Crippen molar-refractivity contribution in [1.29, 1.82) is 0 Å². The summed E-state index contributed by atoms with van der Waals surface area (Å²) >= 11 is 0. The summed E-state index contributed by atoms with van der Waals surface area (Å²) < 4.78 is 0. The van der Waals surface area contributed by atoms with Crippen molar-refractivity contribution in [2.75, 3.05) is 18.6 Å². The van der Waals surface area contributed by atoms with Crippen molar-refractivity contribution in [3.63, 3.8) is 0 Å². The van der Waals surface area contributed by atoms with Crippen LogP contribution < -0.4 is 4.90 Å². The van der Waals surface area contributed by atoms with E-state index < -0.39 is 0 Å². The third-order valence-corrected chi connectivity index (χ3v) is 3.31. The third kappa shape index (κ3) is 3.07. The van der Waals surface area contributed by atoms with Gasteiger partial charge in [0.1, 0.15) is 0 Å². The van der Waals surface area contributed by atoms with Gasteiger partial charge in [0.05, 0.1) is 0 Å². The number of nitrogens with zero attached hydrogens (tertiary/aromatic N) is 1. The zero-order chi connectivity index (χ0) is 13.0. The molecule has 17 heavy (non-hydrogen) atoms. The summed E-state index contributed by atoms with van der Waals surface area (Å²) in [4.78, 5) is 13.5. The first kappa shape index (κ1) is 13.7. The molecule has 0 saturated heterocycles. The molecule has 0 bridgehead atoms. The van der Waals surface area contributed by atoms with Crippen molar-refractivity contribution in [3.8, 4) is 0 Å². The van der Waals surface area contributed by atoms with Gasteiger partial charge in [-0.05, 0) is 49.9 Å². The normalized spacial score (nSPS) is 10.4. The van der Waals surface area contributed by atoms with E-state index in [1.54, 1.807) is 11.9 Å². The van der Waals surface area contributed by atoms with Gasteiger partial charge in [-0.25, -0.2) is 0 Å². The lowest BCUT2D eigenvalue weighted by molar-refractivity contribution is -0.118. The fourth-order valence-electron chi connectivity index (χ4n) is 1.84. The Morgan fingerprint density at radius 2 is 1.88 bits per heavy atom. The summed E-state index contributed by atoms with van der Waals surface area (Å²) in [6, 6.07) is 4.02. The molecule has 0 spiro atoms. The van der Waals surface area contributed by atoms with Crippen LogP contribution in [0.15, 0.2) is 12.1 Å². The van der Waals surface area contributed by atoms with E-state index in [-0.39, 0.29) is 12.5 Å². The van der Waals surface area contributed by atoms with Gasteiger partial charge in [0, 0.05) is 25.8 Å². The van der Waals surface area contributed by atoms with Gasteiger partial charge in [0.25, 0.3) is 0 Å². The van der Waals surface area contributed by atoms with Crippen LogP contribution in [0.1, 0.15) is 29.5 Å². The molecule has 0 heterocycles. The Balaban J connectivity index is 2.93. The van der Waals surface area contributed by atoms with Crippen molar-refractivity contribution >= 4 is 11.6 Å². The molecule has 1 N–H and O–H groups in total. The predicted molar refractivity (Wildman–Crippen MR) is 70.4 cm³/mol. The average Bonchev–Trinajstić information content (AvgIpc) is 2.32. The van der Waals surface area contributed by atoms with E-state index in [0.717, 1.165) is 11.3 Å². The zero-order valence-electron chi connectivity index (χ0n) is 11.1.